The highest BCUT2D eigenvalue weighted by atomic mass is 16.8. The van der Waals surface area contributed by atoms with Gasteiger partial charge in [-0.1, -0.05) is 0 Å². The molecule has 8 atom stereocenters. The quantitative estimate of drug-likeness (QED) is 0.281. The minimum atomic E-state index is -1.49. The number of carbonyl (C=O) groups is 6. The van der Waals surface area contributed by atoms with Gasteiger partial charge in [0.25, 0.3) is 0 Å². The maximum absolute atomic E-state index is 11.9. The Morgan fingerprint density at radius 3 is 1.00 bits per heavy atom. The van der Waals surface area contributed by atoms with Gasteiger partial charge in [-0.3, -0.25) is 28.8 Å². The molecule has 2 saturated heterocycles. The first-order chi connectivity index (χ1) is 17.3. The van der Waals surface area contributed by atoms with E-state index in [1.165, 1.54) is 0 Å². The minimum Gasteiger partial charge on any atom is -0.456 e. The third-order valence-electron chi connectivity index (χ3n) is 4.88. The fourth-order valence-corrected chi connectivity index (χ4v) is 3.78. The van der Waals surface area contributed by atoms with E-state index in [0.717, 1.165) is 41.5 Å². The van der Waals surface area contributed by atoms with Gasteiger partial charge in [-0.15, -0.1) is 0 Å². The first-order valence-electron chi connectivity index (χ1n) is 11.2. The summed E-state index contributed by atoms with van der Waals surface area (Å²) in [6.07, 6.45) is -10.9. The molecule has 0 spiro atoms. The molecule has 0 aliphatic carbocycles. The van der Waals surface area contributed by atoms with E-state index in [1.807, 2.05) is 0 Å². The lowest BCUT2D eigenvalue weighted by atomic mass is 10.0. The van der Waals surface area contributed by atoms with Crippen LogP contribution in [0.1, 0.15) is 41.5 Å². The van der Waals surface area contributed by atoms with Gasteiger partial charge in [-0.05, 0) is 0 Å². The Balaban J connectivity index is 2.38. The zero-order valence-electron chi connectivity index (χ0n) is 21.2. The van der Waals surface area contributed by atoms with Gasteiger partial charge in [-0.2, -0.15) is 0 Å². The lowest BCUT2D eigenvalue weighted by Gasteiger charge is -2.44. The normalized spacial score (nSPS) is 31.3. The number of esters is 6. The van der Waals surface area contributed by atoms with Crippen molar-refractivity contribution in [2.24, 2.45) is 0 Å². The van der Waals surface area contributed by atoms with Gasteiger partial charge >= 0.3 is 35.8 Å². The van der Waals surface area contributed by atoms with E-state index < -0.39 is 85.0 Å². The summed E-state index contributed by atoms with van der Waals surface area (Å²) in [6, 6.07) is 0. The molecule has 2 aliphatic heterocycles. The van der Waals surface area contributed by atoms with Gasteiger partial charge in [0.1, 0.15) is 0 Å². The third-order valence-corrected chi connectivity index (χ3v) is 4.88. The molecule has 208 valence electrons. The molecule has 2 heterocycles. The molecule has 0 aromatic heterocycles. The second-order valence-electron chi connectivity index (χ2n) is 8.13. The zero-order valence-corrected chi connectivity index (χ0v) is 21.2. The van der Waals surface area contributed by atoms with Crippen molar-refractivity contribution < 1.29 is 71.4 Å². The fourth-order valence-electron chi connectivity index (χ4n) is 3.78. The van der Waals surface area contributed by atoms with Crippen molar-refractivity contribution in [1.29, 1.82) is 0 Å². The van der Waals surface area contributed by atoms with Gasteiger partial charge in [-0.25, -0.2) is 0 Å². The van der Waals surface area contributed by atoms with Crippen LogP contribution in [0, 0.1) is 0 Å². The van der Waals surface area contributed by atoms with Crippen LogP contribution >= 0.6 is 0 Å². The maximum Gasteiger partial charge on any atom is 0.303 e. The average Bonchev–Trinajstić information content (AvgIpc) is 2.74. The van der Waals surface area contributed by atoms with Crippen LogP contribution in [0.2, 0.25) is 0 Å². The van der Waals surface area contributed by atoms with Gasteiger partial charge in [0.15, 0.2) is 36.6 Å². The first kappa shape index (κ1) is 29.9. The smallest absolute Gasteiger partial charge is 0.303 e. The first-order valence-corrected chi connectivity index (χ1v) is 11.2. The van der Waals surface area contributed by atoms with Gasteiger partial charge in [0.05, 0.1) is 13.2 Å². The van der Waals surface area contributed by atoms with Crippen molar-refractivity contribution in [2.75, 3.05) is 13.2 Å². The Bertz CT molecular complexity index is 815. The van der Waals surface area contributed by atoms with Crippen molar-refractivity contribution in [3.8, 4) is 0 Å². The molecule has 0 radical (unpaired) electrons. The largest absolute Gasteiger partial charge is 0.456 e. The van der Waals surface area contributed by atoms with E-state index in [4.69, 9.17) is 42.6 Å². The highest BCUT2D eigenvalue weighted by Crippen LogP contribution is 2.31. The molecule has 2 fully saturated rings. The van der Waals surface area contributed by atoms with Crippen molar-refractivity contribution in [3.63, 3.8) is 0 Å². The summed E-state index contributed by atoms with van der Waals surface area (Å²) in [4.78, 5) is 70.3. The standard InChI is InChI=1S/C22H30O15/c1-9(23)31-15-7-29-21(19(35-13(5)27)17(15)33-11(3)25)37-22-20(36-14(6)28)18(34-12(4)26)16(8-30-22)32-10(2)24/h15-22H,7-8H2,1-6H3. The number of rotatable bonds is 8. The van der Waals surface area contributed by atoms with Crippen LogP contribution in [0.25, 0.3) is 0 Å². The molecule has 15 nitrogen and oxygen atoms in total. The molecule has 15 heteroatoms. The van der Waals surface area contributed by atoms with E-state index in [2.05, 4.69) is 0 Å². The molecule has 0 aromatic rings. The van der Waals surface area contributed by atoms with Crippen molar-refractivity contribution >= 4 is 35.8 Å². The number of hydrogen-bond acceptors (Lipinski definition) is 15. The molecular weight excluding hydrogens is 504 g/mol. The van der Waals surface area contributed by atoms with Gasteiger partial charge < -0.3 is 42.6 Å². The minimum absolute atomic E-state index is 0.339. The van der Waals surface area contributed by atoms with Crippen LogP contribution in [0.4, 0.5) is 0 Å². The zero-order chi connectivity index (χ0) is 27.9. The molecular formula is C22H30O15. The summed E-state index contributed by atoms with van der Waals surface area (Å²) in [5.74, 6) is -4.58. The maximum atomic E-state index is 11.9. The molecule has 0 saturated carbocycles. The average molecular weight is 534 g/mol. The van der Waals surface area contributed by atoms with Crippen LogP contribution in [-0.2, 0) is 71.4 Å². The molecule has 0 N–H and O–H groups in total. The lowest BCUT2D eigenvalue weighted by molar-refractivity contribution is -0.353. The van der Waals surface area contributed by atoms with Crippen molar-refractivity contribution in [2.45, 2.75) is 90.7 Å². The van der Waals surface area contributed by atoms with Crippen LogP contribution < -0.4 is 0 Å². The summed E-state index contributed by atoms with van der Waals surface area (Å²) < 4.78 is 48.4. The highest BCUT2D eigenvalue weighted by molar-refractivity contribution is 5.69. The molecule has 8 unspecified atom stereocenters. The topological polar surface area (TPSA) is 185 Å². The van der Waals surface area contributed by atoms with Crippen LogP contribution in [-0.4, -0.2) is 98.2 Å². The Kier molecular flexibility index (Phi) is 10.8. The van der Waals surface area contributed by atoms with E-state index in [-0.39, 0.29) is 13.2 Å². The number of ether oxygens (including phenoxy) is 9. The Morgan fingerprint density at radius 1 is 0.459 bits per heavy atom. The Labute approximate surface area is 211 Å². The molecule has 2 rings (SSSR count). The summed E-state index contributed by atoms with van der Waals surface area (Å²) in [6.45, 7) is 5.93. The fraction of sp³-hybridized carbons (Fsp3) is 0.727. The van der Waals surface area contributed by atoms with E-state index in [1.54, 1.807) is 0 Å². The van der Waals surface area contributed by atoms with Crippen molar-refractivity contribution in [1.82, 2.24) is 0 Å². The summed E-state index contributed by atoms with van der Waals surface area (Å²) >= 11 is 0. The predicted octanol–water partition coefficient (Wildman–Crippen LogP) is -0.694. The summed E-state index contributed by atoms with van der Waals surface area (Å²) in [5.41, 5.74) is 0. The van der Waals surface area contributed by atoms with E-state index in [0.29, 0.717) is 0 Å². The summed E-state index contributed by atoms with van der Waals surface area (Å²) in [7, 11) is 0. The molecule has 0 bridgehead atoms. The highest BCUT2D eigenvalue weighted by Gasteiger charge is 2.53. The second kappa shape index (κ2) is 13.3. The Morgan fingerprint density at radius 2 is 0.730 bits per heavy atom. The Hall–Kier alpha value is -3.30. The van der Waals surface area contributed by atoms with Crippen LogP contribution in [0.3, 0.4) is 0 Å². The van der Waals surface area contributed by atoms with E-state index in [9.17, 15) is 28.8 Å². The molecule has 37 heavy (non-hydrogen) atoms. The predicted molar refractivity (Wildman–Crippen MR) is 114 cm³/mol. The molecule has 2 aliphatic rings. The summed E-state index contributed by atoms with van der Waals surface area (Å²) in [5, 5.41) is 0. The van der Waals surface area contributed by atoms with Gasteiger partial charge in [0, 0.05) is 41.5 Å². The lowest BCUT2D eigenvalue weighted by Crippen LogP contribution is -2.62. The van der Waals surface area contributed by atoms with Crippen LogP contribution in [0.5, 0.6) is 0 Å². The van der Waals surface area contributed by atoms with E-state index >= 15 is 0 Å². The third kappa shape index (κ3) is 8.94. The number of hydrogen-bond donors (Lipinski definition) is 0. The molecule has 0 amide bonds. The second-order valence-corrected chi connectivity index (χ2v) is 8.13. The van der Waals surface area contributed by atoms with Crippen LogP contribution in [0.15, 0.2) is 0 Å². The van der Waals surface area contributed by atoms with Crippen molar-refractivity contribution in [3.05, 3.63) is 0 Å². The number of carbonyl (C=O) groups excluding carboxylic acids is 6. The molecule has 0 aromatic carbocycles. The SMILES string of the molecule is CC(=O)OC1COC(OC2OCC(OC(C)=O)C(OC(C)=O)C2OC(C)=O)C(OC(C)=O)C1OC(C)=O. The van der Waals surface area contributed by atoms with Gasteiger partial charge in [0.2, 0.25) is 12.6 Å². The monoisotopic (exact) mass is 534 g/mol.